The summed E-state index contributed by atoms with van der Waals surface area (Å²) in [6, 6.07) is 1.47. The summed E-state index contributed by atoms with van der Waals surface area (Å²) in [5.74, 6) is -0.948. The molecule has 2 heterocycles. The lowest BCUT2D eigenvalue weighted by atomic mass is 9.95. The van der Waals surface area contributed by atoms with E-state index in [1.54, 1.807) is 0 Å². The molecule has 2 aliphatic rings. The van der Waals surface area contributed by atoms with Crippen LogP contribution in [0.15, 0.2) is 12.1 Å². The van der Waals surface area contributed by atoms with Crippen LogP contribution in [0.1, 0.15) is 72.1 Å². The summed E-state index contributed by atoms with van der Waals surface area (Å²) in [4.78, 5) is 49.2. The summed E-state index contributed by atoms with van der Waals surface area (Å²) >= 11 is 12.6. The molecule has 150 valence electrons. The molecule has 2 saturated heterocycles. The van der Waals surface area contributed by atoms with Crippen molar-refractivity contribution < 1.29 is 19.2 Å². The molecule has 6 nitrogen and oxygen atoms in total. The molecule has 2 aliphatic heterocycles. The van der Waals surface area contributed by atoms with Crippen LogP contribution in [-0.2, 0) is 9.59 Å². The van der Waals surface area contributed by atoms with Gasteiger partial charge in [-0.05, 0) is 37.8 Å². The minimum absolute atomic E-state index is 0.108. The molecule has 8 heteroatoms. The van der Waals surface area contributed by atoms with E-state index in [1.165, 1.54) is 12.1 Å². The van der Waals surface area contributed by atoms with Crippen LogP contribution in [0, 0.1) is 0 Å². The number of carbonyl (C=O) groups is 4. The van der Waals surface area contributed by atoms with Crippen molar-refractivity contribution in [3.05, 3.63) is 33.3 Å². The van der Waals surface area contributed by atoms with E-state index in [4.69, 9.17) is 23.2 Å². The maximum absolute atomic E-state index is 12.8. The zero-order valence-corrected chi connectivity index (χ0v) is 16.9. The van der Waals surface area contributed by atoms with E-state index >= 15 is 0 Å². The van der Waals surface area contributed by atoms with Gasteiger partial charge in [0.1, 0.15) is 0 Å². The Labute approximate surface area is 173 Å². The number of Topliss-reactive ketones (excluding diaryl/α,β-unsaturated/α-hetero) is 2. The highest BCUT2D eigenvalue weighted by atomic mass is 35.5. The van der Waals surface area contributed by atoms with Crippen molar-refractivity contribution in [3.63, 3.8) is 0 Å². The van der Waals surface area contributed by atoms with Crippen LogP contribution in [0.3, 0.4) is 0 Å². The monoisotopic (exact) mass is 424 g/mol. The third-order valence-electron chi connectivity index (χ3n) is 5.18. The Morgan fingerprint density at radius 2 is 1.14 bits per heavy atom. The zero-order valence-electron chi connectivity index (χ0n) is 15.4. The Morgan fingerprint density at radius 3 is 1.54 bits per heavy atom. The Hall–Kier alpha value is -1.92. The Kier molecular flexibility index (Phi) is 6.73. The zero-order chi connectivity index (χ0) is 20.3. The van der Waals surface area contributed by atoms with E-state index in [2.05, 4.69) is 10.6 Å². The summed E-state index contributed by atoms with van der Waals surface area (Å²) in [6.45, 7) is 0. The maximum Gasteiger partial charge on any atom is 0.220 e. The van der Waals surface area contributed by atoms with Gasteiger partial charge in [-0.1, -0.05) is 36.0 Å². The molecule has 0 aliphatic carbocycles. The van der Waals surface area contributed by atoms with E-state index in [9.17, 15) is 19.2 Å². The van der Waals surface area contributed by atoms with Gasteiger partial charge < -0.3 is 10.6 Å². The van der Waals surface area contributed by atoms with Crippen LogP contribution in [0.5, 0.6) is 0 Å². The molecule has 0 saturated carbocycles. The van der Waals surface area contributed by atoms with Crippen molar-refractivity contribution in [1.29, 1.82) is 0 Å². The highest BCUT2D eigenvalue weighted by Gasteiger charge is 2.29. The quantitative estimate of drug-likeness (QED) is 0.723. The van der Waals surface area contributed by atoms with Gasteiger partial charge in [-0.25, -0.2) is 0 Å². The Balaban J connectivity index is 1.84. The molecule has 0 spiro atoms. The second kappa shape index (κ2) is 9.05. The van der Waals surface area contributed by atoms with Gasteiger partial charge in [-0.2, -0.15) is 0 Å². The van der Waals surface area contributed by atoms with Crippen molar-refractivity contribution in [2.45, 2.75) is 63.5 Å². The number of hydrogen-bond acceptors (Lipinski definition) is 4. The van der Waals surface area contributed by atoms with Crippen LogP contribution >= 0.6 is 23.2 Å². The summed E-state index contributed by atoms with van der Waals surface area (Å²) < 4.78 is 0. The lowest BCUT2D eigenvalue weighted by Crippen LogP contribution is -2.40. The molecule has 3 rings (SSSR count). The van der Waals surface area contributed by atoms with Crippen LogP contribution in [-0.4, -0.2) is 35.5 Å². The molecule has 1 aromatic rings. The molecule has 2 fully saturated rings. The average molecular weight is 425 g/mol. The topological polar surface area (TPSA) is 92.3 Å². The van der Waals surface area contributed by atoms with Crippen LogP contribution in [0.4, 0.5) is 0 Å². The van der Waals surface area contributed by atoms with E-state index in [0.717, 1.165) is 25.7 Å². The first kappa shape index (κ1) is 20.8. The minimum Gasteiger partial charge on any atom is -0.346 e. The van der Waals surface area contributed by atoms with Gasteiger partial charge in [0.05, 0.1) is 22.1 Å². The number of nitrogens with one attached hydrogen (secondary N) is 2. The number of rotatable bonds is 4. The molecule has 28 heavy (non-hydrogen) atoms. The van der Waals surface area contributed by atoms with Crippen molar-refractivity contribution in [2.24, 2.45) is 0 Å². The summed E-state index contributed by atoms with van der Waals surface area (Å²) in [7, 11) is 0. The second-order valence-electron chi connectivity index (χ2n) is 7.27. The second-order valence-corrected chi connectivity index (χ2v) is 8.09. The summed E-state index contributed by atoms with van der Waals surface area (Å²) in [5.41, 5.74) is 0.362. The molecule has 2 atom stereocenters. The molecule has 2 N–H and O–H groups in total. The fourth-order valence-corrected chi connectivity index (χ4v) is 4.15. The molecule has 2 unspecified atom stereocenters. The predicted octanol–water partition coefficient (Wildman–Crippen LogP) is 3.48. The van der Waals surface area contributed by atoms with Gasteiger partial charge >= 0.3 is 0 Å². The Bertz CT molecular complexity index is 757. The summed E-state index contributed by atoms with van der Waals surface area (Å²) in [6.07, 6.45) is 4.88. The Morgan fingerprint density at radius 1 is 0.750 bits per heavy atom. The van der Waals surface area contributed by atoms with Crippen molar-refractivity contribution >= 4 is 46.6 Å². The molecule has 0 radical (unpaired) electrons. The van der Waals surface area contributed by atoms with Crippen LogP contribution in [0.2, 0.25) is 10.0 Å². The molecular formula is C20H22Cl2N2O4. The first-order chi connectivity index (χ1) is 13.4. The lowest BCUT2D eigenvalue weighted by molar-refractivity contribution is -0.122. The smallest absolute Gasteiger partial charge is 0.220 e. The van der Waals surface area contributed by atoms with E-state index in [-0.39, 0.29) is 44.6 Å². The first-order valence-electron chi connectivity index (χ1n) is 9.53. The SMILES string of the molecule is O=C1CCCCC(C(=O)c2cc(Cl)c(C(=O)C3CCCCC(=O)N3)cc2Cl)N1. The van der Waals surface area contributed by atoms with Gasteiger partial charge in [-0.3, -0.25) is 19.2 Å². The third kappa shape index (κ3) is 4.73. The molecular weight excluding hydrogens is 403 g/mol. The lowest BCUT2D eigenvalue weighted by Gasteiger charge is -2.18. The third-order valence-corrected chi connectivity index (χ3v) is 5.81. The largest absolute Gasteiger partial charge is 0.346 e. The number of hydrogen-bond donors (Lipinski definition) is 2. The minimum atomic E-state index is -0.647. The van der Waals surface area contributed by atoms with Gasteiger partial charge in [0.25, 0.3) is 0 Å². The van der Waals surface area contributed by atoms with E-state index in [1.807, 2.05) is 0 Å². The fourth-order valence-electron chi connectivity index (χ4n) is 3.64. The van der Waals surface area contributed by atoms with Crippen LogP contribution < -0.4 is 10.6 Å². The van der Waals surface area contributed by atoms with E-state index < -0.39 is 12.1 Å². The molecule has 1 aromatic carbocycles. The first-order valence-corrected chi connectivity index (χ1v) is 10.3. The molecule has 2 amide bonds. The van der Waals surface area contributed by atoms with Gasteiger partial charge in [-0.15, -0.1) is 0 Å². The summed E-state index contributed by atoms with van der Waals surface area (Å²) in [5, 5.41) is 5.66. The van der Waals surface area contributed by atoms with Crippen molar-refractivity contribution in [1.82, 2.24) is 10.6 Å². The number of carbonyl (C=O) groups excluding carboxylic acids is 4. The predicted molar refractivity (Wildman–Crippen MR) is 106 cm³/mol. The number of amides is 2. The molecule has 0 aromatic heterocycles. The standard InChI is InChI=1S/C20H22Cl2N2O4/c21-13-10-12(20(28)16-6-2-4-8-18(26)24-16)14(22)9-11(13)19(27)15-5-1-3-7-17(25)23-15/h9-10,15-16H,1-8H2,(H,23,25)(H,24,26). The van der Waals surface area contributed by atoms with Gasteiger partial charge in [0, 0.05) is 24.0 Å². The van der Waals surface area contributed by atoms with Gasteiger partial charge in [0.15, 0.2) is 11.6 Å². The van der Waals surface area contributed by atoms with Crippen molar-refractivity contribution in [3.8, 4) is 0 Å². The number of benzene rings is 1. The highest BCUT2D eigenvalue weighted by Crippen LogP contribution is 2.29. The average Bonchev–Trinajstić information content (AvgIpc) is 3.01. The highest BCUT2D eigenvalue weighted by molar-refractivity contribution is 6.38. The number of halogens is 2. The maximum atomic E-state index is 12.8. The van der Waals surface area contributed by atoms with Gasteiger partial charge in [0.2, 0.25) is 11.8 Å². The molecule has 0 bridgehead atoms. The fraction of sp³-hybridized carbons (Fsp3) is 0.500. The van der Waals surface area contributed by atoms with Crippen LogP contribution in [0.25, 0.3) is 0 Å². The normalized spacial score (nSPS) is 23.2. The number of ketones is 2. The van der Waals surface area contributed by atoms with Crippen molar-refractivity contribution in [2.75, 3.05) is 0 Å². The van der Waals surface area contributed by atoms with E-state index in [0.29, 0.717) is 25.7 Å².